The van der Waals surface area contributed by atoms with Crippen molar-refractivity contribution in [3.8, 4) is 0 Å². The largest absolute Gasteiger partial charge is 0.310 e. The van der Waals surface area contributed by atoms with Gasteiger partial charge in [-0.25, -0.2) is 0 Å². The molecule has 0 heterocycles. The van der Waals surface area contributed by atoms with E-state index in [1.54, 1.807) is 0 Å². The zero-order valence-electron chi connectivity index (χ0n) is 18.3. The van der Waals surface area contributed by atoms with Crippen LogP contribution in [0.4, 0.5) is 0 Å². The Morgan fingerprint density at radius 1 is 0.806 bits per heavy atom. The molecule has 0 spiro atoms. The molecule has 0 saturated heterocycles. The first-order valence-corrected chi connectivity index (χ1v) is 11.6. The van der Waals surface area contributed by atoms with Crippen molar-refractivity contribution in [2.75, 3.05) is 6.54 Å². The van der Waals surface area contributed by atoms with E-state index >= 15 is 0 Å². The Labute approximate surface area is 186 Å². The molecule has 1 heteroatoms. The van der Waals surface area contributed by atoms with Crippen LogP contribution in [0, 0.1) is 5.92 Å². The molecule has 0 fully saturated rings. The minimum Gasteiger partial charge on any atom is -0.310 e. The minimum atomic E-state index is 0.354. The van der Waals surface area contributed by atoms with Crippen LogP contribution in [0.5, 0.6) is 0 Å². The van der Waals surface area contributed by atoms with Gasteiger partial charge in [-0.1, -0.05) is 97.1 Å². The second kappa shape index (κ2) is 9.08. The van der Waals surface area contributed by atoms with Gasteiger partial charge in [0.1, 0.15) is 0 Å². The predicted molar refractivity (Wildman–Crippen MR) is 132 cm³/mol. The van der Waals surface area contributed by atoms with Crippen LogP contribution in [-0.2, 0) is 6.42 Å². The summed E-state index contributed by atoms with van der Waals surface area (Å²) >= 11 is 0. The van der Waals surface area contributed by atoms with Gasteiger partial charge in [-0.05, 0) is 71.7 Å². The summed E-state index contributed by atoms with van der Waals surface area (Å²) in [4.78, 5) is 0. The lowest BCUT2D eigenvalue weighted by atomic mass is 9.73. The Bertz CT molecular complexity index is 1140. The van der Waals surface area contributed by atoms with Crippen molar-refractivity contribution in [1.82, 2.24) is 5.32 Å². The van der Waals surface area contributed by atoms with E-state index in [4.69, 9.17) is 0 Å². The molecule has 0 aliphatic heterocycles. The zero-order chi connectivity index (χ0) is 21.0. The van der Waals surface area contributed by atoms with Gasteiger partial charge in [0, 0.05) is 12.0 Å². The van der Waals surface area contributed by atoms with Gasteiger partial charge < -0.3 is 5.32 Å². The Kier molecular flexibility index (Phi) is 5.86. The van der Waals surface area contributed by atoms with E-state index in [0.29, 0.717) is 17.9 Å². The summed E-state index contributed by atoms with van der Waals surface area (Å²) in [6.07, 6.45) is 3.65. The van der Waals surface area contributed by atoms with Crippen molar-refractivity contribution in [3.63, 3.8) is 0 Å². The fraction of sp³-hybridized carbons (Fsp3) is 0.267. The molecule has 0 bridgehead atoms. The molecule has 3 atom stereocenters. The van der Waals surface area contributed by atoms with Crippen molar-refractivity contribution in [2.24, 2.45) is 5.92 Å². The van der Waals surface area contributed by atoms with E-state index in [2.05, 4.69) is 109 Å². The fourth-order valence-corrected chi connectivity index (χ4v) is 5.38. The molecule has 156 valence electrons. The lowest BCUT2D eigenvalue weighted by Crippen LogP contribution is -2.26. The van der Waals surface area contributed by atoms with E-state index in [1.165, 1.54) is 52.3 Å². The first-order chi connectivity index (χ1) is 15.3. The maximum Gasteiger partial charge on any atom is 0.0297 e. The average molecular weight is 406 g/mol. The molecule has 1 aliphatic carbocycles. The SMILES string of the molecule is C[C@@H](NCCC1Cc2ccccc2C(c2ccccc2)C1)c1cccc2ccccc12. The molecule has 0 amide bonds. The molecule has 5 rings (SSSR count). The van der Waals surface area contributed by atoms with Gasteiger partial charge in [0.05, 0.1) is 0 Å². The van der Waals surface area contributed by atoms with Gasteiger partial charge in [-0.2, -0.15) is 0 Å². The monoisotopic (exact) mass is 405 g/mol. The summed E-state index contributed by atoms with van der Waals surface area (Å²) < 4.78 is 0. The smallest absolute Gasteiger partial charge is 0.0297 e. The zero-order valence-corrected chi connectivity index (χ0v) is 18.3. The molecular formula is C30H31N. The van der Waals surface area contributed by atoms with E-state index in [0.717, 1.165) is 6.54 Å². The minimum absolute atomic E-state index is 0.354. The number of hydrogen-bond acceptors (Lipinski definition) is 1. The topological polar surface area (TPSA) is 12.0 Å². The number of rotatable bonds is 6. The van der Waals surface area contributed by atoms with E-state index in [1.807, 2.05) is 0 Å². The Morgan fingerprint density at radius 2 is 1.55 bits per heavy atom. The number of fused-ring (bicyclic) bond motifs is 2. The lowest BCUT2D eigenvalue weighted by molar-refractivity contribution is 0.383. The first-order valence-electron chi connectivity index (χ1n) is 11.6. The van der Waals surface area contributed by atoms with Crippen LogP contribution in [0.3, 0.4) is 0 Å². The van der Waals surface area contributed by atoms with Crippen LogP contribution < -0.4 is 5.32 Å². The predicted octanol–water partition coefficient (Wildman–Crippen LogP) is 7.28. The summed E-state index contributed by atoms with van der Waals surface area (Å²) in [5.41, 5.74) is 5.92. The molecule has 0 radical (unpaired) electrons. The molecule has 1 N–H and O–H groups in total. The second-order valence-corrected chi connectivity index (χ2v) is 9.00. The third-order valence-corrected chi connectivity index (χ3v) is 7.00. The van der Waals surface area contributed by atoms with Gasteiger partial charge in [0.15, 0.2) is 0 Å². The van der Waals surface area contributed by atoms with Crippen molar-refractivity contribution < 1.29 is 0 Å². The molecule has 2 unspecified atom stereocenters. The van der Waals surface area contributed by atoms with Crippen LogP contribution in [0.15, 0.2) is 97.1 Å². The second-order valence-electron chi connectivity index (χ2n) is 9.00. The molecule has 4 aromatic rings. The van der Waals surface area contributed by atoms with Gasteiger partial charge in [0.25, 0.3) is 0 Å². The molecular weight excluding hydrogens is 374 g/mol. The summed E-state index contributed by atoms with van der Waals surface area (Å²) in [5, 5.41) is 6.50. The van der Waals surface area contributed by atoms with Crippen molar-refractivity contribution in [1.29, 1.82) is 0 Å². The van der Waals surface area contributed by atoms with Crippen LogP contribution in [-0.4, -0.2) is 6.54 Å². The average Bonchev–Trinajstić information content (AvgIpc) is 2.83. The highest BCUT2D eigenvalue weighted by molar-refractivity contribution is 5.86. The Hall–Kier alpha value is -2.90. The molecule has 1 aliphatic rings. The maximum atomic E-state index is 3.82. The number of hydrogen-bond donors (Lipinski definition) is 1. The number of nitrogens with one attached hydrogen (secondary N) is 1. The van der Waals surface area contributed by atoms with Gasteiger partial charge in [-0.15, -0.1) is 0 Å². The van der Waals surface area contributed by atoms with Crippen molar-refractivity contribution in [3.05, 3.63) is 119 Å². The number of benzene rings is 4. The van der Waals surface area contributed by atoms with E-state index < -0.39 is 0 Å². The van der Waals surface area contributed by atoms with Gasteiger partial charge >= 0.3 is 0 Å². The molecule has 31 heavy (non-hydrogen) atoms. The summed E-state index contributed by atoms with van der Waals surface area (Å²) in [6.45, 7) is 3.35. The van der Waals surface area contributed by atoms with Gasteiger partial charge in [-0.3, -0.25) is 0 Å². The van der Waals surface area contributed by atoms with Crippen LogP contribution >= 0.6 is 0 Å². The van der Waals surface area contributed by atoms with Crippen molar-refractivity contribution >= 4 is 10.8 Å². The highest BCUT2D eigenvalue weighted by Gasteiger charge is 2.27. The first kappa shape index (κ1) is 20.0. The van der Waals surface area contributed by atoms with Crippen LogP contribution in [0.2, 0.25) is 0 Å². The fourth-order valence-electron chi connectivity index (χ4n) is 5.38. The lowest BCUT2D eigenvalue weighted by Gasteiger charge is -2.32. The molecule has 0 saturated carbocycles. The molecule has 4 aromatic carbocycles. The Balaban J connectivity index is 1.27. The van der Waals surface area contributed by atoms with Crippen molar-refractivity contribution in [2.45, 2.75) is 38.1 Å². The van der Waals surface area contributed by atoms with Crippen LogP contribution in [0.25, 0.3) is 10.8 Å². The Morgan fingerprint density at radius 3 is 2.45 bits per heavy atom. The van der Waals surface area contributed by atoms with E-state index in [-0.39, 0.29) is 0 Å². The van der Waals surface area contributed by atoms with E-state index in [9.17, 15) is 0 Å². The molecule has 0 aromatic heterocycles. The molecule has 1 nitrogen and oxygen atoms in total. The maximum absolute atomic E-state index is 3.82. The normalized spacial score (nSPS) is 19.1. The van der Waals surface area contributed by atoms with Gasteiger partial charge in [0.2, 0.25) is 0 Å². The highest BCUT2D eigenvalue weighted by Crippen LogP contribution is 2.40. The standard InChI is InChI=1S/C30H31N/c1-22(27-17-9-14-24-12-5-7-15-28(24)27)31-19-18-23-20-26-13-6-8-16-29(26)30(21-23)25-10-3-2-4-11-25/h2-17,22-23,30-31H,18-21H2,1H3/t22-,23?,30?/m1/s1. The summed E-state index contributed by atoms with van der Waals surface area (Å²) in [6, 6.07) is 35.8. The highest BCUT2D eigenvalue weighted by atomic mass is 14.9. The summed E-state index contributed by atoms with van der Waals surface area (Å²) in [7, 11) is 0. The quantitative estimate of drug-likeness (QED) is 0.355. The third kappa shape index (κ3) is 4.29. The van der Waals surface area contributed by atoms with Crippen LogP contribution in [0.1, 0.15) is 54.0 Å². The third-order valence-electron chi connectivity index (χ3n) is 7.00. The summed E-state index contributed by atoms with van der Waals surface area (Å²) in [5.74, 6) is 1.24.